The van der Waals surface area contributed by atoms with Crippen LogP contribution < -0.4 is 10.2 Å². The van der Waals surface area contributed by atoms with E-state index >= 15 is 0 Å². The highest BCUT2D eigenvalue weighted by atomic mass is 32.5. The zero-order valence-corrected chi connectivity index (χ0v) is 34.6. The minimum Gasteiger partial charge on any atom is -0.349 e. The summed E-state index contributed by atoms with van der Waals surface area (Å²) in [5.74, 6) is -1.32. The number of carbonyl (C=O) groups excluding carboxylic acids is 1. The zero-order valence-electron chi connectivity index (χ0n) is 30.4. The number of rotatable bonds is 7. The van der Waals surface area contributed by atoms with E-state index < -0.39 is 72.9 Å². The van der Waals surface area contributed by atoms with Crippen LogP contribution in [0.3, 0.4) is 0 Å². The molecule has 0 aliphatic carbocycles. The second kappa shape index (κ2) is 16.3. The molecule has 5 aromatic rings. The third-order valence-electron chi connectivity index (χ3n) is 9.84. The van der Waals surface area contributed by atoms with Crippen molar-refractivity contribution in [2.24, 2.45) is 11.8 Å². The summed E-state index contributed by atoms with van der Waals surface area (Å²) in [5.41, 5.74) is 2.36. The summed E-state index contributed by atoms with van der Waals surface area (Å²) in [6.45, 7) is 4.46. The Labute approximate surface area is 339 Å². The maximum atomic E-state index is 13.8. The summed E-state index contributed by atoms with van der Waals surface area (Å²) < 4.78 is 47.4. The van der Waals surface area contributed by atoms with Crippen LogP contribution in [-0.4, -0.2) is 95.6 Å². The van der Waals surface area contributed by atoms with E-state index in [0.717, 1.165) is 11.3 Å². The van der Waals surface area contributed by atoms with Crippen LogP contribution in [0.25, 0.3) is 26.4 Å². The SMILES string of the molecule is [C-]#[N+]CCOP1(=S)OC[C@H]2O[C@@H](n3c(=O)sc4c(NC(=O)c5ccccc5)ncnc43)[C@H](OP(O)(=S)OC[C@H]3O[C@@H](n4cnc5c(C)ncnc54)[C@H](C)[C@@H]3O1)[C@@H]2C. The Morgan fingerprint density at radius 1 is 1.00 bits per heavy atom. The lowest BCUT2D eigenvalue weighted by Gasteiger charge is -2.30. The Hall–Kier alpha value is -3.52. The third-order valence-corrected chi connectivity index (χ3v) is 14.7. The largest absolute Gasteiger partial charge is 0.349 e. The van der Waals surface area contributed by atoms with Crippen LogP contribution in [-0.2, 0) is 55.7 Å². The van der Waals surface area contributed by atoms with E-state index in [1.54, 1.807) is 48.1 Å². The van der Waals surface area contributed by atoms with E-state index in [-0.39, 0.29) is 42.5 Å². The highest BCUT2D eigenvalue weighted by Crippen LogP contribution is 2.58. The Kier molecular flexibility index (Phi) is 11.5. The first-order valence-electron chi connectivity index (χ1n) is 17.6. The molecule has 4 aromatic heterocycles. The summed E-state index contributed by atoms with van der Waals surface area (Å²) in [7, 11) is 0. The van der Waals surface area contributed by atoms with Gasteiger partial charge in [-0.15, -0.1) is 0 Å². The molecule has 3 fully saturated rings. The zero-order chi connectivity index (χ0) is 40.1. The number of fused-ring (bicyclic) bond motifs is 5. The number of ether oxygens (including phenoxy) is 2. The highest BCUT2D eigenvalue weighted by molar-refractivity contribution is 8.07. The number of carbonyl (C=O) groups is 1. The van der Waals surface area contributed by atoms with Crippen LogP contribution in [0.5, 0.6) is 0 Å². The first-order valence-corrected chi connectivity index (χ1v) is 23.6. The van der Waals surface area contributed by atoms with Crippen LogP contribution in [0.2, 0.25) is 0 Å². The lowest BCUT2D eigenvalue weighted by Crippen LogP contribution is -2.33. The highest BCUT2D eigenvalue weighted by Gasteiger charge is 2.52. The van der Waals surface area contributed by atoms with Crippen molar-refractivity contribution in [2.45, 2.75) is 57.6 Å². The maximum Gasteiger partial charge on any atom is 0.327 e. The Bertz CT molecular complexity index is 2520. The number of aromatic nitrogens is 7. The fourth-order valence-electron chi connectivity index (χ4n) is 6.95. The van der Waals surface area contributed by atoms with Gasteiger partial charge in [-0.3, -0.25) is 18.7 Å². The van der Waals surface area contributed by atoms with Gasteiger partial charge in [-0.05, 0) is 42.7 Å². The molecule has 8 rings (SSSR count). The van der Waals surface area contributed by atoms with E-state index in [1.807, 2.05) is 13.8 Å². The molecule has 2 unspecified atom stereocenters. The molecule has 0 spiro atoms. The molecule has 1 amide bonds. The molecule has 0 radical (unpaired) electrons. The van der Waals surface area contributed by atoms with Gasteiger partial charge in [-0.2, -0.15) is 0 Å². The summed E-state index contributed by atoms with van der Waals surface area (Å²) in [5, 5.41) is 2.76. The number of amides is 1. The number of thiazole rings is 1. The molecule has 300 valence electrons. The van der Waals surface area contributed by atoms with Gasteiger partial charge >= 0.3 is 18.3 Å². The molecule has 0 saturated carbocycles. The lowest BCUT2D eigenvalue weighted by molar-refractivity contribution is -0.0612. The van der Waals surface area contributed by atoms with Crippen molar-refractivity contribution in [2.75, 3.05) is 31.7 Å². The fraction of sp³-hybridized carbons (Fsp3) is 0.455. The topological polar surface area (TPSA) is 210 Å². The van der Waals surface area contributed by atoms with Crippen LogP contribution in [0.4, 0.5) is 5.82 Å². The smallest absolute Gasteiger partial charge is 0.327 e. The predicted molar refractivity (Wildman–Crippen MR) is 212 cm³/mol. The first kappa shape index (κ1) is 40.3. The van der Waals surface area contributed by atoms with Crippen molar-refractivity contribution in [1.29, 1.82) is 0 Å². The van der Waals surface area contributed by atoms with Gasteiger partial charge in [0, 0.05) is 17.4 Å². The van der Waals surface area contributed by atoms with E-state index in [2.05, 4.69) is 35.1 Å². The molecule has 3 saturated heterocycles. The minimum atomic E-state index is -4.11. The Morgan fingerprint density at radius 2 is 1.74 bits per heavy atom. The summed E-state index contributed by atoms with van der Waals surface area (Å²) in [6.07, 6.45) is -1.23. The van der Waals surface area contributed by atoms with E-state index in [9.17, 15) is 14.5 Å². The van der Waals surface area contributed by atoms with E-state index in [1.165, 1.54) is 17.2 Å². The van der Waals surface area contributed by atoms with Crippen molar-refractivity contribution in [3.63, 3.8) is 0 Å². The van der Waals surface area contributed by atoms with Crippen molar-refractivity contribution in [3.05, 3.63) is 81.7 Å². The molecule has 7 heterocycles. The van der Waals surface area contributed by atoms with Crippen molar-refractivity contribution >= 4 is 81.6 Å². The number of nitrogens with zero attached hydrogens (tertiary/aromatic N) is 8. The molecule has 2 bridgehead atoms. The monoisotopic (exact) mass is 875 g/mol. The van der Waals surface area contributed by atoms with Crippen LogP contribution >= 0.6 is 24.8 Å². The molecule has 3 aliphatic rings. The normalized spacial score (nSPS) is 31.9. The lowest BCUT2D eigenvalue weighted by atomic mass is 10.0. The number of nitrogens with one attached hydrogen (secondary N) is 1. The standard InChI is InChI=1S/C33H35N9O10P2S3/c1-17-21-12-48-54(56,46-11-10-34-4)52-24-18(2)31(41-16-39-23-19(3)35-14-37-28(23)41)50-22(24)13-47-53(45,55)51-25(17)32(49-21)42-29-26(57-33(42)44)27(36-15-38-29)40-30(43)20-8-6-5-7-9-20/h5-9,14-18,21-22,24-25,31-32H,10-13H2,1-3H3,(H,45,55)(H,36,38,40,43)/t17-,18-,21-,22-,24+,25-,31-,32-,53?,54?/m1/s1. The average molecular weight is 876 g/mol. The maximum absolute atomic E-state index is 13.8. The van der Waals surface area contributed by atoms with Gasteiger partial charge in [0.15, 0.2) is 23.3 Å². The van der Waals surface area contributed by atoms with Gasteiger partial charge in [-0.1, -0.05) is 43.4 Å². The molecule has 10 atom stereocenters. The van der Waals surface area contributed by atoms with Crippen LogP contribution in [0, 0.1) is 25.3 Å². The average Bonchev–Trinajstić information content (AvgIpc) is 3.93. The van der Waals surface area contributed by atoms with Crippen LogP contribution in [0.15, 0.2) is 54.1 Å². The number of benzene rings is 1. The molecule has 1 aromatic carbocycles. The van der Waals surface area contributed by atoms with Gasteiger partial charge in [0.25, 0.3) is 5.91 Å². The molecular formula is C33H35N9O10P2S3. The molecule has 19 nitrogen and oxygen atoms in total. The second-order valence-corrected chi connectivity index (χ2v) is 20.1. The number of hydrogen-bond acceptors (Lipinski definition) is 17. The van der Waals surface area contributed by atoms with Gasteiger partial charge < -0.3 is 47.1 Å². The van der Waals surface area contributed by atoms with Gasteiger partial charge in [0.05, 0.1) is 31.3 Å². The molecule has 3 aliphatic heterocycles. The van der Waals surface area contributed by atoms with Gasteiger partial charge in [0.1, 0.15) is 54.0 Å². The number of anilines is 1. The van der Waals surface area contributed by atoms with Crippen molar-refractivity contribution < 1.29 is 41.8 Å². The third kappa shape index (κ3) is 7.98. The number of imidazole rings is 1. The van der Waals surface area contributed by atoms with Crippen molar-refractivity contribution in [1.82, 2.24) is 34.1 Å². The summed E-state index contributed by atoms with van der Waals surface area (Å²) in [4.78, 5) is 63.1. The number of aryl methyl sites for hydroxylation is 1. The molecular weight excluding hydrogens is 841 g/mol. The second-order valence-electron chi connectivity index (χ2n) is 13.4. The minimum absolute atomic E-state index is 0.00263. The molecule has 2 N–H and O–H groups in total. The predicted octanol–water partition coefficient (Wildman–Crippen LogP) is 4.52. The summed E-state index contributed by atoms with van der Waals surface area (Å²) >= 11 is 12.3. The number of hydrogen-bond donors (Lipinski definition) is 2. The first-order chi connectivity index (χ1) is 27.4. The quantitative estimate of drug-likeness (QED) is 0.131. The van der Waals surface area contributed by atoms with Crippen LogP contribution in [0.1, 0.15) is 42.4 Å². The molecule has 57 heavy (non-hydrogen) atoms. The Morgan fingerprint density at radius 3 is 2.53 bits per heavy atom. The van der Waals surface area contributed by atoms with Gasteiger partial charge in [0.2, 0.25) is 6.54 Å². The van der Waals surface area contributed by atoms with Gasteiger partial charge in [-0.25, -0.2) is 31.5 Å². The fourth-order valence-corrected chi connectivity index (χ4v) is 11.5. The van der Waals surface area contributed by atoms with Crippen molar-refractivity contribution in [3.8, 4) is 0 Å². The molecule has 24 heteroatoms. The summed E-state index contributed by atoms with van der Waals surface area (Å²) in [6, 6.07) is 8.54. The van der Waals surface area contributed by atoms with E-state index in [4.69, 9.17) is 62.3 Å². The van der Waals surface area contributed by atoms with E-state index in [0.29, 0.717) is 22.4 Å². The Balaban J connectivity index is 1.12.